The summed E-state index contributed by atoms with van der Waals surface area (Å²) in [6, 6.07) is 5.33. The van der Waals surface area contributed by atoms with Crippen LogP contribution in [0.2, 0.25) is 0 Å². The Morgan fingerprint density at radius 1 is 1.69 bits per heavy atom. The Morgan fingerprint density at radius 2 is 2.46 bits per heavy atom. The molecule has 3 nitrogen and oxygen atoms in total. The lowest BCUT2D eigenvalue weighted by Crippen LogP contribution is -2.10. The lowest BCUT2D eigenvalue weighted by atomic mass is 10.4. The van der Waals surface area contributed by atoms with Gasteiger partial charge in [0.15, 0.2) is 0 Å². The van der Waals surface area contributed by atoms with E-state index in [4.69, 9.17) is 0 Å². The van der Waals surface area contributed by atoms with Crippen molar-refractivity contribution in [1.29, 1.82) is 0 Å². The van der Waals surface area contributed by atoms with Gasteiger partial charge in [-0.05, 0) is 28.1 Å². The number of hydrogen-bond donors (Lipinski definition) is 1. The highest BCUT2D eigenvalue weighted by molar-refractivity contribution is 9.10. The summed E-state index contributed by atoms with van der Waals surface area (Å²) in [6.45, 7) is 3.47. The molecule has 0 saturated carbocycles. The van der Waals surface area contributed by atoms with Gasteiger partial charge in [-0.2, -0.15) is 0 Å². The van der Waals surface area contributed by atoms with Gasteiger partial charge < -0.3 is 5.32 Å². The first-order valence-electron chi connectivity index (χ1n) is 3.75. The summed E-state index contributed by atoms with van der Waals surface area (Å²) < 4.78 is 0.698. The molecule has 0 bridgehead atoms. The number of aromatic nitrogens is 1. The predicted octanol–water partition coefficient (Wildman–Crippen LogP) is 2.36. The van der Waals surface area contributed by atoms with Gasteiger partial charge in [-0.15, -0.1) is 6.58 Å². The third-order valence-corrected chi connectivity index (χ3v) is 1.75. The summed E-state index contributed by atoms with van der Waals surface area (Å²) in [5.74, 6) is 0.432. The Morgan fingerprint density at radius 3 is 3.08 bits per heavy atom. The Hall–Kier alpha value is -1.16. The molecule has 0 aliphatic heterocycles. The van der Waals surface area contributed by atoms with Gasteiger partial charge in [0.25, 0.3) is 0 Å². The maximum atomic E-state index is 11.1. The molecule has 0 spiro atoms. The van der Waals surface area contributed by atoms with Gasteiger partial charge in [0.05, 0.1) is 0 Å². The summed E-state index contributed by atoms with van der Waals surface area (Å²) in [6.07, 6.45) is 1.85. The molecular weight excluding hydrogens is 232 g/mol. The molecule has 0 unspecified atom stereocenters. The van der Waals surface area contributed by atoms with Crippen molar-refractivity contribution in [1.82, 2.24) is 4.98 Å². The van der Waals surface area contributed by atoms with Crippen LogP contribution in [-0.4, -0.2) is 10.9 Å². The van der Waals surface area contributed by atoms with Crippen LogP contribution in [0.5, 0.6) is 0 Å². The molecule has 1 heterocycles. The highest BCUT2D eigenvalue weighted by Gasteiger charge is 1.99. The zero-order chi connectivity index (χ0) is 9.68. The molecule has 1 amide bonds. The van der Waals surface area contributed by atoms with Crippen molar-refractivity contribution in [3.05, 3.63) is 35.5 Å². The topological polar surface area (TPSA) is 42.0 Å². The van der Waals surface area contributed by atoms with Crippen LogP contribution in [0.15, 0.2) is 35.5 Å². The number of anilines is 1. The molecule has 0 saturated heterocycles. The lowest BCUT2D eigenvalue weighted by molar-refractivity contribution is -0.115. The van der Waals surface area contributed by atoms with Gasteiger partial charge in [-0.25, -0.2) is 4.98 Å². The van der Waals surface area contributed by atoms with Crippen molar-refractivity contribution in [3.63, 3.8) is 0 Å². The lowest BCUT2D eigenvalue weighted by Gasteiger charge is -2.01. The molecule has 68 valence electrons. The Balaban J connectivity index is 2.63. The Bertz CT molecular complexity index is 325. The van der Waals surface area contributed by atoms with Crippen LogP contribution < -0.4 is 5.32 Å². The van der Waals surface area contributed by atoms with E-state index in [1.165, 1.54) is 0 Å². The summed E-state index contributed by atoms with van der Waals surface area (Å²) in [4.78, 5) is 15.1. The number of carbonyl (C=O) groups is 1. The molecule has 1 rings (SSSR count). The van der Waals surface area contributed by atoms with Gasteiger partial charge in [0.1, 0.15) is 10.4 Å². The average molecular weight is 241 g/mol. The SMILES string of the molecule is C=CCC(=O)Nc1cccc(Br)n1. The van der Waals surface area contributed by atoms with Gasteiger partial charge in [0, 0.05) is 6.42 Å². The number of amides is 1. The largest absolute Gasteiger partial charge is 0.310 e. The molecule has 0 atom stereocenters. The van der Waals surface area contributed by atoms with E-state index >= 15 is 0 Å². The van der Waals surface area contributed by atoms with Gasteiger partial charge in [-0.1, -0.05) is 12.1 Å². The van der Waals surface area contributed by atoms with E-state index in [-0.39, 0.29) is 5.91 Å². The second kappa shape index (κ2) is 4.77. The fraction of sp³-hybridized carbons (Fsp3) is 0.111. The molecule has 0 aliphatic rings. The summed E-state index contributed by atoms with van der Waals surface area (Å²) in [7, 11) is 0. The molecule has 0 radical (unpaired) electrons. The summed E-state index contributed by atoms with van der Waals surface area (Å²) in [5, 5.41) is 2.63. The molecule has 4 heteroatoms. The molecule has 13 heavy (non-hydrogen) atoms. The minimum Gasteiger partial charge on any atom is -0.310 e. The van der Waals surface area contributed by atoms with E-state index < -0.39 is 0 Å². The van der Waals surface area contributed by atoms with Crippen LogP contribution in [-0.2, 0) is 4.79 Å². The van der Waals surface area contributed by atoms with Crippen LogP contribution in [0.3, 0.4) is 0 Å². The van der Waals surface area contributed by atoms with E-state index in [9.17, 15) is 4.79 Å². The van der Waals surface area contributed by atoms with Gasteiger partial charge in [-0.3, -0.25) is 4.79 Å². The van der Waals surface area contributed by atoms with Crippen molar-refractivity contribution < 1.29 is 4.79 Å². The summed E-state index contributed by atoms with van der Waals surface area (Å²) in [5.41, 5.74) is 0. The maximum absolute atomic E-state index is 11.1. The predicted molar refractivity (Wildman–Crippen MR) is 55.4 cm³/mol. The van der Waals surface area contributed by atoms with E-state index in [1.54, 1.807) is 24.3 Å². The Kier molecular flexibility index (Phi) is 3.64. The highest BCUT2D eigenvalue weighted by atomic mass is 79.9. The van der Waals surface area contributed by atoms with Crippen molar-refractivity contribution in [3.8, 4) is 0 Å². The fourth-order valence-corrected chi connectivity index (χ4v) is 1.15. The standard InChI is InChI=1S/C9H9BrN2O/c1-2-4-9(13)12-8-6-3-5-7(10)11-8/h2-3,5-6H,1,4H2,(H,11,12,13). The van der Waals surface area contributed by atoms with Crippen LogP contribution in [0.1, 0.15) is 6.42 Å². The van der Waals surface area contributed by atoms with Gasteiger partial charge in [0.2, 0.25) is 5.91 Å². The normalized spacial score (nSPS) is 9.31. The third-order valence-electron chi connectivity index (χ3n) is 1.31. The number of rotatable bonds is 3. The number of nitrogens with one attached hydrogen (secondary N) is 1. The molecule has 0 fully saturated rings. The first-order chi connectivity index (χ1) is 6.22. The maximum Gasteiger partial charge on any atom is 0.229 e. The highest BCUT2D eigenvalue weighted by Crippen LogP contribution is 2.09. The minimum atomic E-state index is -0.111. The molecule has 1 aromatic heterocycles. The smallest absolute Gasteiger partial charge is 0.229 e. The van der Waals surface area contributed by atoms with E-state index in [2.05, 4.69) is 32.8 Å². The van der Waals surface area contributed by atoms with Crippen LogP contribution in [0, 0.1) is 0 Å². The van der Waals surface area contributed by atoms with Crippen LogP contribution >= 0.6 is 15.9 Å². The number of nitrogens with zero attached hydrogens (tertiary/aromatic N) is 1. The minimum absolute atomic E-state index is 0.111. The zero-order valence-corrected chi connectivity index (χ0v) is 8.54. The number of hydrogen-bond acceptors (Lipinski definition) is 2. The fourth-order valence-electron chi connectivity index (χ4n) is 0.803. The van der Waals surface area contributed by atoms with E-state index in [0.717, 1.165) is 0 Å². The molecule has 0 aliphatic carbocycles. The average Bonchev–Trinajstić information content (AvgIpc) is 2.04. The second-order valence-electron chi connectivity index (χ2n) is 2.39. The van der Waals surface area contributed by atoms with Crippen LogP contribution in [0.25, 0.3) is 0 Å². The molecular formula is C9H9BrN2O. The number of pyridine rings is 1. The Labute approximate surface area is 85.0 Å². The first kappa shape index (κ1) is 9.92. The van der Waals surface area contributed by atoms with Crippen molar-refractivity contribution >= 4 is 27.7 Å². The monoisotopic (exact) mass is 240 g/mol. The van der Waals surface area contributed by atoms with Crippen molar-refractivity contribution in [2.45, 2.75) is 6.42 Å². The molecule has 1 aromatic rings. The van der Waals surface area contributed by atoms with Crippen molar-refractivity contribution in [2.75, 3.05) is 5.32 Å². The quantitative estimate of drug-likeness (QED) is 0.651. The van der Waals surface area contributed by atoms with Crippen molar-refractivity contribution in [2.24, 2.45) is 0 Å². The van der Waals surface area contributed by atoms with E-state index in [0.29, 0.717) is 16.8 Å². The summed E-state index contributed by atoms with van der Waals surface area (Å²) >= 11 is 3.21. The third kappa shape index (κ3) is 3.38. The number of carbonyl (C=O) groups excluding carboxylic acids is 1. The first-order valence-corrected chi connectivity index (χ1v) is 4.55. The zero-order valence-electron chi connectivity index (χ0n) is 6.96. The van der Waals surface area contributed by atoms with Gasteiger partial charge >= 0.3 is 0 Å². The van der Waals surface area contributed by atoms with Crippen LogP contribution in [0.4, 0.5) is 5.82 Å². The van der Waals surface area contributed by atoms with E-state index in [1.807, 2.05) is 0 Å². The molecule has 1 N–H and O–H groups in total. The molecule has 0 aromatic carbocycles. The second-order valence-corrected chi connectivity index (χ2v) is 3.20. The number of halogens is 1.